The van der Waals surface area contributed by atoms with Gasteiger partial charge in [0.25, 0.3) is 5.91 Å². The molecule has 4 rings (SSSR count). The molecule has 2 aromatic carbocycles. The predicted octanol–water partition coefficient (Wildman–Crippen LogP) is 3.73. The number of hydrazone groups is 1. The number of phenolic OH excluding ortho intramolecular Hbond substituents is 1. The highest BCUT2D eigenvalue weighted by atomic mass is 16.5. The third kappa shape index (κ3) is 2.75. The zero-order chi connectivity index (χ0) is 18.1. The Hall–Kier alpha value is -3.08. The highest BCUT2D eigenvalue weighted by Crippen LogP contribution is 2.37. The Morgan fingerprint density at radius 2 is 1.81 bits per heavy atom. The molecule has 2 aliphatic rings. The molecule has 2 atom stereocenters. The van der Waals surface area contributed by atoms with Gasteiger partial charge in [-0.25, -0.2) is 5.01 Å². The summed E-state index contributed by atoms with van der Waals surface area (Å²) in [5.41, 5.74) is 2.38. The number of rotatable bonds is 3. The van der Waals surface area contributed by atoms with Gasteiger partial charge in [0.15, 0.2) is 11.5 Å². The Bertz CT molecular complexity index is 889. The summed E-state index contributed by atoms with van der Waals surface area (Å²) >= 11 is 0. The van der Waals surface area contributed by atoms with Gasteiger partial charge in [0.1, 0.15) is 0 Å². The van der Waals surface area contributed by atoms with Crippen molar-refractivity contribution in [3.63, 3.8) is 0 Å². The fourth-order valence-electron chi connectivity index (χ4n) is 3.65. The van der Waals surface area contributed by atoms with Crippen LogP contribution in [0.4, 0.5) is 5.69 Å². The summed E-state index contributed by atoms with van der Waals surface area (Å²) in [4.78, 5) is 13.0. The van der Waals surface area contributed by atoms with Crippen LogP contribution in [0.15, 0.2) is 65.8 Å². The van der Waals surface area contributed by atoms with Crippen LogP contribution >= 0.6 is 0 Å². The number of amides is 1. The molecule has 2 aromatic rings. The molecule has 1 amide bonds. The number of nitrogens with zero attached hydrogens (tertiary/aromatic N) is 2. The molecule has 2 unspecified atom stereocenters. The van der Waals surface area contributed by atoms with Crippen LogP contribution in [0.2, 0.25) is 0 Å². The first-order valence-corrected chi connectivity index (χ1v) is 8.69. The molecule has 0 saturated carbocycles. The summed E-state index contributed by atoms with van der Waals surface area (Å²) in [7, 11) is 1.52. The Morgan fingerprint density at radius 1 is 1.08 bits per heavy atom. The number of phenols is 1. The molecule has 1 N–H and O–H groups in total. The first-order valence-electron chi connectivity index (χ1n) is 8.69. The Morgan fingerprint density at radius 3 is 2.50 bits per heavy atom. The summed E-state index contributed by atoms with van der Waals surface area (Å²) in [6, 6.07) is 14.7. The number of benzene rings is 2. The molecule has 5 nitrogen and oxygen atoms in total. The molecule has 0 spiro atoms. The van der Waals surface area contributed by atoms with Crippen molar-refractivity contribution in [3.8, 4) is 11.5 Å². The third-order valence-corrected chi connectivity index (χ3v) is 4.99. The Balaban J connectivity index is 1.82. The number of aromatic hydroxyl groups is 1. The molecule has 0 aromatic heterocycles. The SMILES string of the molecule is COc1ccc(C2=NN(c3ccccc3)C(=O)C3CC=CCC23)cc1O. The minimum atomic E-state index is -0.142. The van der Waals surface area contributed by atoms with Gasteiger partial charge < -0.3 is 9.84 Å². The lowest BCUT2D eigenvalue weighted by Gasteiger charge is -2.36. The van der Waals surface area contributed by atoms with E-state index in [1.54, 1.807) is 12.1 Å². The maximum atomic E-state index is 13.0. The van der Waals surface area contributed by atoms with Crippen molar-refractivity contribution in [1.82, 2.24) is 0 Å². The standard InChI is InChI=1S/C21H20N2O3/c1-26-19-12-11-14(13-18(19)24)20-16-9-5-6-10-17(16)21(25)23(22-20)15-7-3-2-4-8-15/h2-8,11-13,16-17,24H,9-10H2,1H3. The number of allylic oxidation sites excluding steroid dienone is 2. The molecule has 132 valence electrons. The molecule has 1 heterocycles. The van der Waals surface area contributed by atoms with E-state index >= 15 is 0 Å². The summed E-state index contributed by atoms with van der Waals surface area (Å²) in [5, 5.41) is 16.4. The zero-order valence-corrected chi connectivity index (χ0v) is 14.5. The van der Waals surface area contributed by atoms with E-state index in [4.69, 9.17) is 9.84 Å². The highest BCUT2D eigenvalue weighted by molar-refractivity contribution is 6.11. The van der Waals surface area contributed by atoms with E-state index < -0.39 is 0 Å². The molecule has 26 heavy (non-hydrogen) atoms. The molecular formula is C21H20N2O3. The average molecular weight is 348 g/mol. The first kappa shape index (κ1) is 16.4. The fourth-order valence-corrected chi connectivity index (χ4v) is 3.65. The van der Waals surface area contributed by atoms with E-state index in [9.17, 15) is 9.90 Å². The van der Waals surface area contributed by atoms with E-state index in [-0.39, 0.29) is 23.5 Å². The number of hydrogen-bond donors (Lipinski definition) is 1. The number of anilines is 1. The zero-order valence-electron chi connectivity index (χ0n) is 14.5. The van der Waals surface area contributed by atoms with Gasteiger partial charge >= 0.3 is 0 Å². The summed E-state index contributed by atoms with van der Waals surface area (Å²) in [6.07, 6.45) is 5.64. The van der Waals surface area contributed by atoms with Gasteiger partial charge in [-0.3, -0.25) is 4.79 Å². The van der Waals surface area contributed by atoms with Gasteiger partial charge in [0, 0.05) is 11.5 Å². The molecule has 0 bridgehead atoms. The second-order valence-electron chi connectivity index (χ2n) is 6.51. The normalized spacial score (nSPS) is 22.0. The quantitative estimate of drug-likeness (QED) is 0.860. The molecule has 0 radical (unpaired) electrons. The van der Waals surface area contributed by atoms with Crippen LogP contribution in [0.25, 0.3) is 0 Å². The number of ether oxygens (including phenoxy) is 1. The predicted molar refractivity (Wildman–Crippen MR) is 100 cm³/mol. The average Bonchev–Trinajstić information content (AvgIpc) is 2.69. The maximum Gasteiger partial charge on any atom is 0.251 e. The van der Waals surface area contributed by atoms with Crippen LogP contribution in [0.1, 0.15) is 18.4 Å². The Kier molecular flexibility index (Phi) is 4.21. The van der Waals surface area contributed by atoms with E-state index in [1.165, 1.54) is 12.1 Å². The molecule has 0 fully saturated rings. The second kappa shape index (κ2) is 6.67. The van der Waals surface area contributed by atoms with Gasteiger partial charge in [-0.05, 0) is 43.2 Å². The van der Waals surface area contributed by atoms with Crippen LogP contribution < -0.4 is 9.75 Å². The van der Waals surface area contributed by atoms with E-state index in [0.29, 0.717) is 12.2 Å². The van der Waals surface area contributed by atoms with Gasteiger partial charge in [-0.15, -0.1) is 0 Å². The van der Waals surface area contributed by atoms with E-state index in [0.717, 1.165) is 23.4 Å². The van der Waals surface area contributed by atoms with Gasteiger partial charge in [-0.2, -0.15) is 5.10 Å². The van der Waals surface area contributed by atoms with E-state index in [1.807, 2.05) is 36.4 Å². The van der Waals surface area contributed by atoms with Crippen molar-refractivity contribution >= 4 is 17.3 Å². The van der Waals surface area contributed by atoms with E-state index in [2.05, 4.69) is 12.2 Å². The lowest BCUT2D eigenvalue weighted by Crippen LogP contribution is -2.45. The number of hydrogen-bond acceptors (Lipinski definition) is 4. The molecule has 0 saturated heterocycles. The van der Waals surface area contributed by atoms with Crippen LogP contribution in [-0.2, 0) is 4.79 Å². The molecule has 5 heteroatoms. The maximum absolute atomic E-state index is 13.0. The lowest BCUT2D eigenvalue weighted by molar-refractivity contribution is -0.123. The topological polar surface area (TPSA) is 62.1 Å². The highest BCUT2D eigenvalue weighted by Gasteiger charge is 2.40. The van der Waals surface area contributed by atoms with Crippen LogP contribution in [-0.4, -0.2) is 23.8 Å². The molecule has 1 aliphatic heterocycles. The van der Waals surface area contributed by atoms with Crippen LogP contribution in [0.5, 0.6) is 11.5 Å². The van der Waals surface area contributed by atoms with Crippen LogP contribution in [0.3, 0.4) is 0 Å². The number of fused-ring (bicyclic) bond motifs is 1. The minimum absolute atomic E-state index is 0.0141. The van der Waals surface area contributed by atoms with Crippen molar-refractivity contribution in [2.45, 2.75) is 12.8 Å². The fraction of sp³-hybridized carbons (Fsp3) is 0.238. The molecular weight excluding hydrogens is 328 g/mol. The number of carbonyl (C=O) groups is 1. The Labute approximate surface area is 152 Å². The van der Waals surface area contributed by atoms with Crippen molar-refractivity contribution in [3.05, 3.63) is 66.2 Å². The monoisotopic (exact) mass is 348 g/mol. The first-order chi connectivity index (χ1) is 12.7. The summed E-state index contributed by atoms with van der Waals surface area (Å²) in [6.45, 7) is 0. The third-order valence-electron chi connectivity index (χ3n) is 4.99. The van der Waals surface area contributed by atoms with Crippen LogP contribution in [0, 0.1) is 11.8 Å². The smallest absolute Gasteiger partial charge is 0.251 e. The van der Waals surface area contributed by atoms with Gasteiger partial charge in [-0.1, -0.05) is 30.4 Å². The summed E-state index contributed by atoms with van der Waals surface area (Å²) < 4.78 is 5.14. The number of para-hydroxylation sites is 1. The van der Waals surface area contributed by atoms with Crippen molar-refractivity contribution in [2.24, 2.45) is 16.9 Å². The van der Waals surface area contributed by atoms with Gasteiger partial charge in [0.2, 0.25) is 0 Å². The van der Waals surface area contributed by atoms with Crippen molar-refractivity contribution in [2.75, 3.05) is 12.1 Å². The van der Waals surface area contributed by atoms with Gasteiger partial charge in [0.05, 0.1) is 24.4 Å². The minimum Gasteiger partial charge on any atom is -0.504 e. The largest absolute Gasteiger partial charge is 0.504 e. The summed E-state index contributed by atoms with van der Waals surface area (Å²) in [5.74, 6) is 0.379. The lowest BCUT2D eigenvalue weighted by atomic mass is 9.76. The number of methoxy groups -OCH3 is 1. The molecule has 1 aliphatic carbocycles. The number of carbonyl (C=O) groups excluding carboxylic acids is 1. The van der Waals surface area contributed by atoms with Crippen molar-refractivity contribution < 1.29 is 14.6 Å². The second-order valence-corrected chi connectivity index (χ2v) is 6.51. The van der Waals surface area contributed by atoms with Crippen molar-refractivity contribution in [1.29, 1.82) is 0 Å².